The number of ether oxygens (including phenoxy) is 4. The highest BCUT2D eigenvalue weighted by Crippen LogP contribution is 2.40. The Kier molecular flexibility index (Phi) is 12.8. The fraction of sp³-hybridized carbons (Fsp3) is 0.295. The molecule has 0 aromatic heterocycles. The van der Waals surface area contributed by atoms with Gasteiger partial charge in [-0.1, -0.05) is 172 Å². The maximum atomic E-state index is 12.9. The Morgan fingerprint density at radius 2 is 1.08 bits per heavy atom. The van der Waals surface area contributed by atoms with Crippen molar-refractivity contribution >= 4 is 36.4 Å². The van der Waals surface area contributed by atoms with E-state index in [1.807, 2.05) is 91.0 Å². The number of thioether (sulfide) groups is 1. The molecule has 0 amide bonds. The lowest BCUT2D eigenvalue weighted by atomic mass is 9.99. The maximum Gasteiger partial charge on any atom is 0.303 e. The van der Waals surface area contributed by atoms with Crippen molar-refractivity contribution in [1.82, 2.24) is 0 Å². The minimum atomic E-state index is -2.97. The first-order valence-corrected chi connectivity index (χ1v) is 20.6. The van der Waals surface area contributed by atoms with E-state index in [0.29, 0.717) is 13.2 Å². The number of hydrogen-bond donors (Lipinski definition) is 0. The van der Waals surface area contributed by atoms with Crippen LogP contribution in [-0.2, 0) is 41.4 Å². The monoisotopic (exact) mass is 732 g/mol. The fourth-order valence-corrected chi connectivity index (χ4v) is 12.7. The molecule has 5 atom stereocenters. The Morgan fingerprint density at radius 3 is 1.54 bits per heavy atom. The molecule has 0 aliphatic carbocycles. The largest absolute Gasteiger partial charge is 0.457 e. The quantitative estimate of drug-likeness (QED) is 0.0844. The van der Waals surface area contributed by atoms with Gasteiger partial charge in [0.1, 0.15) is 23.7 Å². The molecule has 5 aromatic rings. The predicted octanol–water partition coefficient (Wildman–Crippen LogP) is 8.18. The molecule has 0 radical (unpaired) electrons. The molecule has 1 fully saturated rings. The van der Waals surface area contributed by atoms with Crippen molar-refractivity contribution in [3.63, 3.8) is 0 Å². The zero-order chi connectivity index (χ0) is 36.4. The molecule has 1 aliphatic heterocycles. The molecule has 1 aliphatic rings. The van der Waals surface area contributed by atoms with Crippen molar-refractivity contribution in [2.45, 2.75) is 80.7 Å². The molecule has 1 saturated heterocycles. The predicted molar refractivity (Wildman–Crippen MR) is 210 cm³/mol. The SMILES string of the molecule is CC(=O)O[C@H]1[C@H](OCc2ccccc2)[C@@H](OCc2ccccc2)[C@@H](Sc2ccccc2)O[C@@H]1CO[Si](c1ccccc1)(c1ccccc1)C(C)(C)C. The van der Waals surface area contributed by atoms with E-state index in [0.717, 1.165) is 26.4 Å². The van der Waals surface area contributed by atoms with Crippen molar-refractivity contribution in [2.24, 2.45) is 0 Å². The van der Waals surface area contributed by atoms with Gasteiger partial charge >= 0.3 is 5.97 Å². The second-order valence-electron chi connectivity index (χ2n) is 14.0. The highest BCUT2D eigenvalue weighted by Gasteiger charge is 2.54. The van der Waals surface area contributed by atoms with Crippen LogP contribution in [-0.4, -0.2) is 50.7 Å². The molecular formula is C44H48O6SSi. The van der Waals surface area contributed by atoms with E-state index in [1.165, 1.54) is 6.92 Å². The summed E-state index contributed by atoms with van der Waals surface area (Å²) in [5.41, 5.74) is 1.52. The normalized spacial score (nSPS) is 20.7. The van der Waals surface area contributed by atoms with Crippen LogP contribution in [0.25, 0.3) is 0 Å². The first-order chi connectivity index (χ1) is 25.2. The number of rotatable bonds is 14. The molecule has 52 heavy (non-hydrogen) atoms. The number of benzene rings is 5. The molecule has 6 nitrogen and oxygen atoms in total. The molecule has 6 rings (SSSR count). The van der Waals surface area contributed by atoms with E-state index in [2.05, 4.69) is 81.4 Å². The van der Waals surface area contributed by atoms with Crippen LogP contribution in [0.4, 0.5) is 0 Å². The van der Waals surface area contributed by atoms with Gasteiger partial charge in [0.2, 0.25) is 0 Å². The van der Waals surface area contributed by atoms with Gasteiger partial charge < -0.3 is 23.4 Å². The summed E-state index contributed by atoms with van der Waals surface area (Å²) in [6, 6.07) is 51.3. The Balaban J connectivity index is 1.41. The number of esters is 1. The van der Waals surface area contributed by atoms with Gasteiger partial charge in [-0.15, -0.1) is 0 Å². The highest BCUT2D eigenvalue weighted by molar-refractivity contribution is 7.99. The molecule has 0 unspecified atom stereocenters. The minimum absolute atomic E-state index is 0.174. The average Bonchev–Trinajstić information content (AvgIpc) is 3.16. The summed E-state index contributed by atoms with van der Waals surface area (Å²) in [6.45, 7) is 8.99. The van der Waals surface area contributed by atoms with Gasteiger partial charge in [-0.2, -0.15) is 0 Å². The van der Waals surface area contributed by atoms with Gasteiger partial charge in [-0.05, 0) is 38.7 Å². The molecule has 0 N–H and O–H groups in total. The van der Waals surface area contributed by atoms with Crippen molar-refractivity contribution in [2.75, 3.05) is 6.61 Å². The van der Waals surface area contributed by atoms with E-state index in [9.17, 15) is 4.79 Å². The third-order valence-electron chi connectivity index (χ3n) is 9.34. The van der Waals surface area contributed by atoms with Gasteiger partial charge in [-0.25, -0.2) is 0 Å². The summed E-state index contributed by atoms with van der Waals surface area (Å²) < 4.78 is 34.2. The summed E-state index contributed by atoms with van der Waals surface area (Å²) in [7, 11) is -2.97. The summed E-state index contributed by atoms with van der Waals surface area (Å²) in [5.74, 6) is -0.423. The van der Waals surface area contributed by atoms with Crippen molar-refractivity contribution < 1.29 is 28.2 Å². The Labute approximate surface area is 313 Å². The summed E-state index contributed by atoms with van der Waals surface area (Å²) >= 11 is 1.58. The fourth-order valence-electron chi connectivity index (χ4n) is 6.94. The van der Waals surface area contributed by atoms with Crippen LogP contribution in [0.3, 0.4) is 0 Å². The summed E-state index contributed by atoms with van der Waals surface area (Å²) in [5, 5.41) is 2.05. The van der Waals surface area contributed by atoms with Gasteiger partial charge in [0.15, 0.2) is 6.10 Å². The minimum Gasteiger partial charge on any atom is -0.457 e. The third-order valence-corrected chi connectivity index (χ3v) is 15.5. The Morgan fingerprint density at radius 1 is 0.635 bits per heavy atom. The summed E-state index contributed by atoms with van der Waals surface area (Å²) in [6.07, 6.45) is -2.74. The van der Waals surface area contributed by atoms with Crippen LogP contribution in [0.5, 0.6) is 0 Å². The smallest absolute Gasteiger partial charge is 0.303 e. The molecule has 1 heterocycles. The molecule has 0 saturated carbocycles. The van der Waals surface area contributed by atoms with Crippen LogP contribution in [0.2, 0.25) is 5.04 Å². The standard InChI is InChI=1S/C44H48O6SSi/c1-33(45)49-40-39(32-48-52(44(2,3)4,37-26-16-8-17-27-37)38-28-18-9-19-29-38)50-43(51-36-24-14-7-15-25-36)42(47-31-35-22-12-6-13-23-35)41(40)46-30-34-20-10-5-11-21-34/h5-29,39-43H,30-32H2,1-4H3/t39-,40-,41+,42-,43-/m1/s1. The second kappa shape index (κ2) is 17.7. The maximum absolute atomic E-state index is 12.9. The lowest BCUT2D eigenvalue weighted by molar-refractivity contribution is -0.244. The van der Waals surface area contributed by atoms with Gasteiger partial charge in [0.25, 0.3) is 8.32 Å². The number of carbonyl (C=O) groups is 1. The van der Waals surface area contributed by atoms with Gasteiger partial charge in [0, 0.05) is 11.8 Å². The second-order valence-corrected chi connectivity index (χ2v) is 19.5. The van der Waals surface area contributed by atoms with E-state index in [4.69, 9.17) is 23.4 Å². The van der Waals surface area contributed by atoms with Crippen LogP contribution in [0.15, 0.2) is 157 Å². The molecule has 0 bridgehead atoms. The van der Waals surface area contributed by atoms with Crippen molar-refractivity contribution in [3.8, 4) is 0 Å². The third kappa shape index (κ3) is 9.12. The average molecular weight is 733 g/mol. The van der Waals surface area contributed by atoms with Crippen LogP contribution >= 0.6 is 11.8 Å². The molecular weight excluding hydrogens is 685 g/mol. The van der Waals surface area contributed by atoms with Crippen LogP contribution in [0, 0.1) is 0 Å². The van der Waals surface area contributed by atoms with Crippen LogP contribution < -0.4 is 10.4 Å². The zero-order valence-corrected chi connectivity index (χ0v) is 32.1. The van der Waals surface area contributed by atoms with Gasteiger partial charge in [0.05, 0.1) is 19.8 Å². The Bertz CT molecular complexity index is 1770. The molecule has 270 valence electrons. The highest BCUT2D eigenvalue weighted by atomic mass is 32.2. The van der Waals surface area contributed by atoms with E-state index < -0.39 is 44.1 Å². The topological polar surface area (TPSA) is 63.2 Å². The number of hydrogen-bond acceptors (Lipinski definition) is 7. The van der Waals surface area contributed by atoms with Crippen molar-refractivity contribution in [1.29, 1.82) is 0 Å². The summed E-state index contributed by atoms with van der Waals surface area (Å²) in [4.78, 5) is 14.0. The Hall–Kier alpha value is -4.02. The molecule has 8 heteroatoms. The van der Waals surface area contributed by atoms with Gasteiger partial charge in [-0.3, -0.25) is 4.79 Å². The van der Waals surface area contributed by atoms with Crippen LogP contribution in [0.1, 0.15) is 38.8 Å². The molecule has 5 aromatic carbocycles. The van der Waals surface area contributed by atoms with E-state index >= 15 is 0 Å². The van der Waals surface area contributed by atoms with E-state index in [-0.39, 0.29) is 11.6 Å². The first-order valence-electron chi connectivity index (χ1n) is 17.8. The zero-order valence-electron chi connectivity index (χ0n) is 30.3. The molecule has 0 spiro atoms. The van der Waals surface area contributed by atoms with Crippen molar-refractivity contribution in [3.05, 3.63) is 163 Å². The first kappa shape index (κ1) is 37.7. The lowest BCUT2D eigenvalue weighted by Crippen LogP contribution is -2.68. The number of carbonyl (C=O) groups excluding carboxylic acids is 1. The lowest BCUT2D eigenvalue weighted by Gasteiger charge is -2.48. The van der Waals surface area contributed by atoms with E-state index in [1.54, 1.807) is 11.8 Å².